The molecule has 0 bridgehead atoms. The topological polar surface area (TPSA) is 131 Å². The zero-order valence-corrected chi connectivity index (χ0v) is 21.3. The van der Waals surface area contributed by atoms with Crippen molar-refractivity contribution < 1.29 is 45.5 Å². The molecule has 2 heterocycles. The van der Waals surface area contributed by atoms with Gasteiger partial charge in [0.15, 0.2) is 0 Å². The molecular weight excluding hydrogens is 536 g/mol. The van der Waals surface area contributed by atoms with Crippen molar-refractivity contribution in [3.05, 3.63) is 0 Å². The van der Waals surface area contributed by atoms with Crippen LogP contribution < -0.4 is 16.0 Å². The van der Waals surface area contributed by atoms with Gasteiger partial charge in [-0.05, 0) is 42.4 Å². The summed E-state index contributed by atoms with van der Waals surface area (Å²) in [5.41, 5.74) is -0.494. The molecule has 2 aliphatic carbocycles. The summed E-state index contributed by atoms with van der Waals surface area (Å²) in [5.74, 6) is -9.17. The van der Waals surface area contributed by atoms with Gasteiger partial charge in [0.1, 0.15) is 18.1 Å². The van der Waals surface area contributed by atoms with Crippen LogP contribution in [-0.2, 0) is 19.2 Å². The van der Waals surface area contributed by atoms with E-state index in [4.69, 9.17) is 0 Å². The molecule has 4 fully saturated rings. The maximum Gasteiger partial charge on any atom is 0.471 e. The molecule has 0 spiro atoms. The van der Waals surface area contributed by atoms with E-state index in [0.29, 0.717) is 0 Å². The van der Waals surface area contributed by atoms with Crippen molar-refractivity contribution in [2.45, 2.75) is 76.6 Å². The molecule has 3 N–H and O–H groups in total. The van der Waals surface area contributed by atoms with Gasteiger partial charge in [-0.15, -0.1) is 0 Å². The quantitative estimate of drug-likeness (QED) is 0.385. The van der Waals surface area contributed by atoms with Crippen LogP contribution in [0.3, 0.4) is 0 Å². The Morgan fingerprint density at radius 3 is 2.31 bits per heavy atom. The number of rotatable bonds is 8. The first kappa shape index (κ1) is 28.9. The minimum absolute atomic E-state index is 0.00361. The van der Waals surface area contributed by atoms with Gasteiger partial charge in [-0.3, -0.25) is 19.2 Å². The first-order chi connectivity index (χ1) is 17.9. The van der Waals surface area contributed by atoms with Crippen LogP contribution >= 0.6 is 0 Å². The molecule has 15 heteroatoms. The molecule has 9 nitrogen and oxygen atoms in total. The van der Waals surface area contributed by atoms with Gasteiger partial charge < -0.3 is 20.9 Å². The zero-order valence-electron chi connectivity index (χ0n) is 21.3. The first-order valence-electron chi connectivity index (χ1n) is 12.7. The second-order valence-electron chi connectivity index (χ2n) is 11.4. The molecule has 1 unspecified atom stereocenters. The van der Waals surface area contributed by atoms with Crippen LogP contribution in [0.1, 0.15) is 40.0 Å². The highest BCUT2D eigenvalue weighted by atomic mass is 19.4. The Bertz CT molecular complexity index is 1100. The van der Waals surface area contributed by atoms with E-state index in [9.17, 15) is 50.8 Å². The van der Waals surface area contributed by atoms with E-state index in [1.165, 1.54) is 5.32 Å². The van der Waals surface area contributed by atoms with Crippen LogP contribution in [0.5, 0.6) is 0 Å². The molecule has 2 saturated heterocycles. The Kier molecular flexibility index (Phi) is 7.09. The molecule has 39 heavy (non-hydrogen) atoms. The molecule has 2 aliphatic heterocycles. The summed E-state index contributed by atoms with van der Waals surface area (Å²) in [6, 6.07) is -3.17. The minimum atomic E-state index is -5.54. The summed E-state index contributed by atoms with van der Waals surface area (Å²) in [7, 11) is 0. The highest BCUT2D eigenvalue weighted by Gasteiger charge is 2.70. The van der Waals surface area contributed by atoms with E-state index >= 15 is 0 Å². The lowest BCUT2D eigenvalue weighted by Gasteiger charge is -2.36. The number of likely N-dealkylation sites (tertiary alicyclic amines) is 1. The fourth-order valence-electron chi connectivity index (χ4n) is 6.45. The summed E-state index contributed by atoms with van der Waals surface area (Å²) in [4.78, 5) is 51.3. The smallest absolute Gasteiger partial charge is 0.353 e. The Hall–Kier alpha value is -3.05. The summed E-state index contributed by atoms with van der Waals surface area (Å²) in [6.45, 7) is 4.40. The number of carbonyl (C=O) groups is 4. The lowest BCUT2D eigenvalue weighted by atomic mass is 9.92. The molecule has 0 radical (unpaired) electrons. The Morgan fingerprint density at radius 2 is 1.82 bits per heavy atom. The van der Waals surface area contributed by atoms with Crippen molar-refractivity contribution in [1.29, 1.82) is 5.26 Å². The number of hydrogen-bond donors (Lipinski definition) is 3. The van der Waals surface area contributed by atoms with Crippen LogP contribution in [-0.4, -0.2) is 71.6 Å². The standard InChI is InChI=1S/C24H29F6N5O4/c1-4-12(23(25,26)27)16(34-21(39)24(28,29)30)20(38)35-8-13-15(22(13,2)3)17(35)19(37)32-9(7-31)5-11-10-6-14(10)33-18(11)36/h9-17H,4-6,8H2,1-3H3,(H,32,37)(H,33,36)(H,34,39)/t9-,10+,11+,12?,13-,14+,15-,16+,17-/m0/s1. The SMILES string of the molecule is CCC([C@@H](NC(=O)C(F)(F)F)C(=O)N1C[C@H]2[C@@H]([C@H]1C(=O)N[C@H](C#N)C[C@H]1C(=O)N[C@@H]3C[C@@H]31)C2(C)C)C(F)(F)F. The second-order valence-corrected chi connectivity index (χ2v) is 11.4. The van der Waals surface area contributed by atoms with Crippen molar-refractivity contribution in [2.24, 2.45) is 35.0 Å². The normalized spacial score (nSPS) is 32.6. The van der Waals surface area contributed by atoms with Gasteiger partial charge in [0.25, 0.3) is 0 Å². The Morgan fingerprint density at radius 1 is 1.18 bits per heavy atom. The molecule has 9 atom stereocenters. The fourth-order valence-corrected chi connectivity index (χ4v) is 6.45. The van der Waals surface area contributed by atoms with E-state index in [1.54, 1.807) is 13.8 Å². The van der Waals surface area contributed by atoms with E-state index in [0.717, 1.165) is 18.2 Å². The number of hydrogen-bond acceptors (Lipinski definition) is 5. The predicted octanol–water partition coefficient (Wildman–Crippen LogP) is 1.64. The molecule has 4 aliphatic rings. The number of halogens is 6. The van der Waals surface area contributed by atoms with Gasteiger partial charge in [-0.2, -0.15) is 31.6 Å². The summed E-state index contributed by atoms with van der Waals surface area (Å²) < 4.78 is 80.1. The van der Waals surface area contributed by atoms with E-state index in [-0.39, 0.29) is 36.8 Å². The Labute approximate surface area is 220 Å². The van der Waals surface area contributed by atoms with Crippen LogP contribution in [0.15, 0.2) is 0 Å². The minimum Gasteiger partial charge on any atom is -0.353 e. The molecule has 4 rings (SSSR count). The lowest BCUT2D eigenvalue weighted by molar-refractivity contribution is -0.195. The molecule has 4 amide bonds. The third-order valence-electron chi connectivity index (χ3n) is 8.82. The number of alkyl halides is 6. The van der Waals surface area contributed by atoms with Gasteiger partial charge in [0, 0.05) is 18.5 Å². The Balaban J connectivity index is 1.57. The molecule has 0 aromatic heterocycles. The lowest BCUT2D eigenvalue weighted by Crippen LogP contribution is -2.61. The van der Waals surface area contributed by atoms with Crippen molar-refractivity contribution in [3.63, 3.8) is 0 Å². The monoisotopic (exact) mass is 565 g/mol. The largest absolute Gasteiger partial charge is 0.471 e. The number of piperidine rings is 2. The summed E-state index contributed by atoms with van der Waals surface area (Å²) >= 11 is 0. The molecule has 0 aromatic carbocycles. The van der Waals surface area contributed by atoms with Gasteiger partial charge in [0.05, 0.1) is 12.0 Å². The summed E-state index contributed by atoms with van der Waals surface area (Å²) in [5, 5.41) is 16.1. The van der Waals surface area contributed by atoms with Crippen molar-refractivity contribution in [1.82, 2.24) is 20.9 Å². The predicted molar refractivity (Wildman–Crippen MR) is 120 cm³/mol. The van der Waals surface area contributed by atoms with E-state index in [1.807, 2.05) is 6.07 Å². The third kappa shape index (κ3) is 5.26. The third-order valence-corrected chi connectivity index (χ3v) is 8.82. The number of nitrogens with zero attached hydrogens (tertiary/aromatic N) is 2. The maximum atomic E-state index is 13.8. The second kappa shape index (κ2) is 9.55. The van der Waals surface area contributed by atoms with Crippen LogP contribution in [0.4, 0.5) is 26.3 Å². The highest BCUT2D eigenvalue weighted by molar-refractivity contribution is 5.95. The van der Waals surface area contributed by atoms with Crippen LogP contribution in [0, 0.1) is 46.3 Å². The number of amides is 4. The molecule has 216 valence electrons. The molecule has 0 aromatic rings. The summed E-state index contributed by atoms with van der Waals surface area (Å²) in [6.07, 6.45) is -10.7. The van der Waals surface area contributed by atoms with E-state index in [2.05, 4.69) is 10.6 Å². The van der Waals surface area contributed by atoms with Crippen molar-refractivity contribution in [3.8, 4) is 6.07 Å². The maximum absolute atomic E-state index is 13.8. The number of nitriles is 1. The van der Waals surface area contributed by atoms with E-state index < -0.39 is 77.8 Å². The zero-order chi connectivity index (χ0) is 29.2. The number of nitrogens with one attached hydrogen (secondary N) is 3. The van der Waals surface area contributed by atoms with Gasteiger partial charge >= 0.3 is 18.3 Å². The van der Waals surface area contributed by atoms with Crippen molar-refractivity contribution in [2.75, 3.05) is 6.54 Å². The van der Waals surface area contributed by atoms with Gasteiger partial charge in [0.2, 0.25) is 17.7 Å². The average Bonchev–Trinajstić information content (AvgIpc) is 3.54. The fraction of sp³-hybridized carbons (Fsp3) is 0.792. The van der Waals surface area contributed by atoms with Gasteiger partial charge in [-0.1, -0.05) is 20.8 Å². The average molecular weight is 566 g/mol. The highest BCUT2D eigenvalue weighted by Crippen LogP contribution is 2.65. The van der Waals surface area contributed by atoms with Crippen molar-refractivity contribution >= 4 is 23.6 Å². The first-order valence-corrected chi connectivity index (χ1v) is 12.7. The van der Waals surface area contributed by atoms with Crippen LogP contribution in [0.25, 0.3) is 0 Å². The molecular formula is C24H29F6N5O4. The molecule has 2 saturated carbocycles. The number of fused-ring (bicyclic) bond motifs is 2. The van der Waals surface area contributed by atoms with Gasteiger partial charge in [-0.25, -0.2) is 0 Å². The number of carbonyl (C=O) groups excluding carboxylic acids is 4. The van der Waals surface area contributed by atoms with Crippen LogP contribution in [0.2, 0.25) is 0 Å².